The van der Waals surface area contributed by atoms with Crippen LogP contribution >= 0.6 is 0 Å². The van der Waals surface area contributed by atoms with Gasteiger partial charge in [0.25, 0.3) is 0 Å². The number of fused-ring (bicyclic) bond motifs is 3. The van der Waals surface area contributed by atoms with Crippen molar-refractivity contribution in [3.63, 3.8) is 0 Å². The predicted molar refractivity (Wildman–Crippen MR) is 81.4 cm³/mol. The van der Waals surface area contributed by atoms with Crippen LogP contribution in [0, 0.1) is 13.8 Å². The quantitative estimate of drug-likeness (QED) is 0.826. The molecule has 0 spiro atoms. The monoisotopic (exact) mass is 266 g/mol. The molecular formula is C18H18O2. The first-order valence-corrected chi connectivity index (χ1v) is 6.77. The third kappa shape index (κ3) is 1.73. The van der Waals surface area contributed by atoms with Crippen LogP contribution in [0.15, 0.2) is 36.9 Å². The first kappa shape index (κ1) is 13.1. The fraction of sp³-hybridized carbons (Fsp3) is 0.222. The summed E-state index contributed by atoms with van der Waals surface area (Å²) in [5, 5.41) is 20.9. The number of aliphatic hydroxyl groups excluding tert-OH is 2. The van der Waals surface area contributed by atoms with Gasteiger partial charge in [-0.25, -0.2) is 0 Å². The van der Waals surface area contributed by atoms with E-state index in [1.54, 1.807) is 0 Å². The Hall–Kier alpha value is -1.90. The molecule has 0 aromatic heterocycles. The van der Waals surface area contributed by atoms with Gasteiger partial charge in [-0.3, -0.25) is 0 Å². The predicted octanol–water partition coefficient (Wildman–Crippen LogP) is 3.69. The molecule has 2 atom stereocenters. The van der Waals surface area contributed by atoms with E-state index < -0.39 is 12.2 Å². The average molecular weight is 266 g/mol. The van der Waals surface area contributed by atoms with Crippen molar-refractivity contribution in [1.29, 1.82) is 0 Å². The number of hydrogen-bond donors (Lipinski definition) is 2. The topological polar surface area (TPSA) is 40.5 Å². The summed E-state index contributed by atoms with van der Waals surface area (Å²) in [6, 6.07) is 9.94. The van der Waals surface area contributed by atoms with Crippen molar-refractivity contribution in [3.05, 3.63) is 64.7 Å². The Morgan fingerprint density at radius 3 is 2.55 bits per heavy atom. The van der Waals surface area contributed by atoms with Crippen LogP contribution in [0.25, 0.3) is 17.2 Å². The van der Waals surface area contributed by atoms with Gasteiger partial charge in [-0.15, -0.1) is 0 Å². The highest BCUT2D eigenvalue weighted by atomic mass is 16.3. The molecule has 2 nitrogen and oxygen atoms in total. The second-order valence-electron chi connectivity index (χ2n) is 5.45. The molecule has 0 aliphatic heterocycles. The van der Waals surface area contributed by atoms with Gasteiger partial charge in [-0.2, -0.15) is 0 Å². The summed E-state index contributed by atoms with van der Waals surface area (Å²) in [5.74, 6) is 0. The standard InChI is InChI=1S/C18H18O2/c1-4-12-8-10(2)9-14-16(12)13-7-5-6-11(3)15(13)18(20)17(14)19/h4-9,17-20H,1H2,2-3H3. The van der Waals surface area contributed by atoms with Gasteiger partial charge in [0.05, 0.1) is 0 Å². The Kier molecular flexibility index (Phi) is 3.00. The molecule has 20 heavy (non-hydrogen) atoms. The van der Waals surface area contributed by atoms with Gasteiger partial charge in [-0.05, 0) is 47.2 Å². The minimum absolute atomic E-state index is 0.783. The van der Waals surface area contributed by atoms with Crippen LogP contribution in [0.2, 0.25) is 0 Å². The molecule has 2 heteroatoms. The van der Waals surface area contributed by atoms with Crippen LogP contribution in [0.4, 0.5) is 0 Å². The van der Waals surface area contributed by atoms with Crippen LogP contribution in [0.3, 0.4) is 0 Å². The van der Waals surface area contributed by atoms with Crippen LogP contribution in [0.1, 0.15) is 40.0 Å². The van der Waals surface area contributed by atoms with E-state index in [2.05, 4.69) is 12.6 Å². The Morgan fingerprint density at radius 2 is 1.85 bits per heavy atom. The lowest BCUT2D eigenvalue weighted by Gasteiger charge is -2.32. The average Bonchev–Trinajstić information content (AvgIpc) is 2.43. The van der Waals surface area contributed by atoms with Crippen molar-refractivity contribution in [2.75, 3.05) is 0 Å². The Bertz CT molecular complexity index is 701. The van der Waals surface area contributed by atoms with E-state index in [9.17, 15) is 10.2 Å². The largest absolute Gasteiger partial charge is 0.385 e. The number of aliphatic hydroxyl groups is 2. The second-order valence-corrected chi connectivity index (χ2v) is 5.45. The van der Waals surface area contributed by atoms with Gasteiger partial charge in [0.2, 0.25) is 0 Å². The molecule has 1 aliphatic rings. The zero-order valence-electron chi connectivity index (χ0n) is 11.7. The van der Waals surface area contributed by atoms with E-state index >= 15 is 0 Å². The normalized spacial score (nSPS) is 20.2. The third-order valence-electron chi connectivity index (χ3n) is 4.07. The lowest BCUT2D eigenvalue weighted by Crippen LogP contribution is -2.19. The van der Waals surface area contributed by atoms with E-state index in [-0.39, 0.29) is 0 Å². The molecule has 2 unspecified atom stereocenters. The summed E-state index contributed by atoms with van der Waals surface area (Å²) in [4.78, 5) is 0. The first-order valence-electron chi connectivity index (χ1n) is 6.77. The van der Waals surface area contributed by atoms with Gasteiger partial charge in [-0.1, -0.05) is 48.6 Å². The lowest BCUT2D eigenvalue weighted by molar-refractivity contribution is 0.0154. The van der Waals surface area contributed by atoms with Crippen molar-refractivity contribution in [2.45, 2.75) is 26.1 Å². The number of aryl methyl sites for hydroxylation is 2. The highest BCUT2D eigenvalue weighted by Crippen LogP contribution is 2.47. The SMILES string of the molecule is C=Cc1cc(C)cc2c1-c1cccc(C)c1C(O)C2O. The van der Waals surface area contributed by atoms with Gasteiger partial charge < -0.3 is 10.2 Å². The summed E-state index contributed by atoms with van der Waals surface area (Å²) in [6.07, 6.45) is 0.0397. The van der Waals surface area contributed by atoms with Crippen molar-refractivity contribution in [3.8, 4) is 11.1 Å². The van der Waals surface area contributed by atoms with E-state index in [1.165, 1.54) is 0 Å². The highest BCUT2D eigenvalue weighted by Gasteiger charge is 2.33. The molecule has 0 heterocycles. The van der Waals surface area contributed by atoms with Crippen molar-refractivity contribution in [2.24, 2.45) is 0 Å². The van der Waals surface area contributed by atoms with E-state index in [0.717, 1.165) is 38.9 Å². The summed E-state index contributed by atoms with van der Waals surface area (Å²) in [7, 11) is 0. The number of rotatable bonds is 1. The number of benzene rings is 2. The van der Waals surface area contributed by atoms with Gasteiger partial charge >= 0.3 is 0 Å². The molecular weight excluding hydrogens is 248 g/mol. The number of hydrogen-bond acceptors (Lipinski definition) is 2. The third-order valence-corrected chi connectivity index (χ3v) is 4.07. The van der Waals surface area contributed by atoms with Crippen molar-refractivity contribution < 1.29 is 10.2 Å². The zero-order chi connectivity index (χ0) is 14.4. The molecule has 2 N–H and O–H groups in total. The second kappa shape index (κ2) is 4.58. The molecule has 0 saturated carbocycles. The minimum atomic E-state index is -0.891. The molecule has 2 aromatic rings. The lowest BCUT2D eigenvalue weighted by atomic mass is 9.77. The Morgan fingerprint density at radius 1 is 1.10 bits per heavy atom. The minimum Gasteiger partial charge on any atom is -0.385 e. The van der Waals surface area contributed by atoms with E-state index in [4.69, 9.17) is 0 Å². The van der Waals surface area contributed by atoms with Crippen LogP contribution in [-0.2, 0) is 0 Å². The fourth-order valence-electron chi connectivity index (χ4n) is 3.17. The smallest absolute Gasteiger partial charge is 0.110 e. The van der Waals surface area contributed by atoms with Gasteiger partial charge in [0.1, 0.15) is 12.2 Å². The maximum atomic E-state index is 10.5. The van der Waals surface area contributed by atoms with Crippen molar-refractivity contribution >= 4 is 6.08 Å². The molecule has 0 radical (unpaired) electrons. The van der Waals surface area contributed by atoms with Crippen LogP contribution in [-0.4, -0.2) is 10.2 Å². The molecule has 0 bridgehead atoms. The molecule has 3 rings (SSSR count). The maximum Gasteiger partial charge on any atom is 0.110 e. The summed E-state index contributed by atoms with van der Waals surface area (Å²) < 4.78 is 0. The molecule has 0 fully saturated rings. The highest BCUT2D eigenvalue weighted by molar-refractivity contribution is 5.83. The van der Waals surface area contributed by atoms with Gasteiger partial charge in [0.15, 0.2) is 0 Å². The molecule has 0 amide bonds. The first-order chi connectivity index (χ1) is 9.54. The van der Waals surface area contributed by atoms with Crippen LogP contribution in [0.5, 0.6) is 0 Å². The fourth-order valence-corrected chi connectivity index (χ4v) is 3.17. The summed E-state index contributed by atoms with van der Waals surface area (Å²) in [5.41, 5.74) is 6.63. The maximum absolute atomic E-state index is 10.5. The van der Waals surface area contributed by atoms with Crippen LogP contribution < -0.4 is 0 Å². The summed E-state index contributed by atoms with van der Waals surface area (Å²) >= 11 is 0. The molecule has 2 aromatic carbocycles. The Labute approximate surface area is 119 Å². The Balaban J connectivity index is 2.43. The molecule has 0 saturated heterocycles. The summed E-state index contributed by atoms with van der Waals surface area (Å²) in [6.45, 7) is 7.82. The van der Waals surface area contributed by atoms with Crippen molar-refractivity contribution in [1.82, 2.24) is 0 Å². The van der Waals surface area contributed by atoms with E-state index in [1.807, 2.05) is 44.2 Å². The van der Waals surface area contributed by atoms with Gasteiger partial charge in [0, 0.05) is 0 Å². The molecule has 1 aliphatic carbocycles. The van der Waals surface area contributed by atoms with E-state index in [0.29, 0.717) is 0 Å². The zero-order valence-corrected chi connectivity index (χ0v) is 11.7. The molecule has 102 valence electrons.